The lowest BCUT2D eigenvalue weighted by Gasteiger charge is -2.09. The summed E-state index contributed by atoms with van der Waals surface area (Å²) < 4.78 is 29.6. The lowest BCUT2D eigenvalue weighted by atomic mass is 10.2. The van der Waals surface area contributed by atoms with Crippen molar-refractivity contribution in [3.8, 4) is 0 Å². The maximum atomic E-state index is 12.0. The van der Waals surface area contributed by atoms with E-state index in [0.29, 0.717) is 5.76 Å². The Morgan fingerprint density at radius 3 is 2.75 bits per heavy atom. The number of rotatable bonds is 4. The zero-order valence-electron chi connectivity index (χ0n) is 8.91. The van der Waals surface area contributed by atoms with E-state index in [-0.39, 0.29) is 12.6 Å². The molecule has 0 saturated carbocycles. The van der Waals surface area contributed by atoms with Crippen LogP contribution < -0.4 is 5.32 Å². The highest BCUT2D eigenvalue weighted by Gasteiger charge is 2.12. The Morgan fingerprint density at radius 1 is 1.31 bits per heavy atom. The van der Waals surface area contributed by atoms with Gasteiger partial charge in [0, 0.05) is 5.39 Å². The normalized spacial score (nSPS) is 13.5. The highest BCUT2D eigenvalue weighted by atomic mass is 19.3. The molecule has 0 saturated heterocycles. The number of halogens is 2. The molecular weight excluding hydrogens is 212 g/mol. The number of furan rings is 1. The van der Waals surface area contributed by atoms with Crippen LogP contribution in [0.5, 0.6) is 0 Å². The summed E-state index contributed by atoms with van der Waals surface area (Å²) in [6.07, 6.45) is -2.34. The number of benzene rings is 1. The van der Waals surface area contributed by atoms with Crippen LogP contribution in [-0.4, -0.2) is 13.0 Å². The highest BCUT2D eigenvalue weighted by Crippen LogP contribution is 2.23. The Kier molecular flexibility index (Phi) is 3.19. The van der Waals surface area contributed by atoms with Crippen molar-refractivity contribution in [3.63, 3.8) is 0 Å². The number of nitrogens with one attached hydrogen (secondary N) is 1. The minimum absolute atomic E-state index is 0.207. The Bertz CT molecular complexity index is 434. The minimum Gasteiger partial charge on any atom is -0.459 e. The van der Waals surface area contributed by atoms with Crippen molar-refractivity contribution in [2.24, 2.45) is 0 Å². The first-order valence-corrected chi connectivity index (χ1v) is 5.17. The number of para-hydroxylation sites is 1. The van der Waals surface area contributed by atoms with Crippen LogP contribution in [0.4, 0.5) is 8.78 Å². The zero-order chi connectivity index (χ0) is 11.5. The Morgan fingerprint density at radius 2 is 2.06 bits per heavy atom. The van der Waals surface area contributed by atoms with E-state index in [4.69, 9.17) is 4.42 Å². The maximum Gasteiger partial charge on any atom is 0.250 e. The molecule has 4 heteroatoms. The van der Waals surface area contributed by atoms with E-state index in [1.54, 1.807) is 6.92 Å². The molecule has 1 aromatic carbocycles. The highest BCUT2D eigenvalue weighted by molar-refractivity contribution is 5.77. The van der Waals surface area contributed by atoms with Gasteiger partial charge in [-0.3, -0.25) is 0 Å². The molecule has 2 nitrogen and oxygen atoms in total. The molecule has 0 bridgehead atoms. The number of hydrogen-bond donors (Lipinski definition) is 1. The van der Waals surface area contributed by atoms with Crippen LogP contribution in [0.1, 0.15) is 18.7 Å². The van der Waals surface area contributed by atoms with E-state index in [0.717, 1.165) is 11.0 Å². The topological polar surface area (TPSA) is 25.2 Å². The standard InChI is InChI=1S/C12H13F2NO/c1-8(15-7-12(13)14)11-6-9-4-2-3-5-10(9)16-11/h2-6,8,12,15H,7H2,1H3. The van der Waals surface area contributed by atoms with Gasteiger partial charge in [-0.05, 0) is 19.1 Å². The largest absolute Gasteiger partial charge is 0.459 e. The van der Waals surface area contributed by atoms with E-state index < -0.39 is 6.43 Å². The molecule has 1 atom stereocenters. The predicted octanol–water partition coefficient (Wildman–Crippen LogP) is 3.35. The first kappa shape index (κ1) is 11.1. The Labute approximate surface area is 92.2 Å². The van der Waals surface area contributed by atoms with Crippen LogP contribution in [0.25, 0.3) is 11.0 Å². The Balaban J connectivity index is 2.13. The molecule has 0 aliphatic heterocycles. The van der Waals surface area contributed by atoms with E-state index in [9.17, 15) is 8.78 Å². The minimum atomic E-state index is -2.34. The molecule has 0 fully saturated rings. The third-order valence-electron chi connectivity index (χ3n) is 2.45. The van der Waals surface area contributed by atoms with Crippen LogP contribution in [0.3, 0.4) is 0 Å². The molecule has 0 aliphatic carbocycles. The van der Waals surface area contributed by atoms with Crippen LogP contribution in [0.2, 0.25) is 0 Å². The van der Waals surface area contributed by atoms with Gasteiger partial charge >= 0.3 is 0 Å². The average Bonchev–Trinajstić information content (AvgIpc) is 2.69. The molecular formula is C12H13F2NO. The molecule has 0 amide bonds. The first-order valence-electron chi connectivity index (χ1n) is 5.17. The van der Waals surface area contributed by atoms with Gasteiger partial charge in [0.05, 0.1) is 12.6 Å². The van der Waals surface area contributed by atoms with Gasteiger partial charge in [0.15, 0.2) is 0 Å². The molecule has 2 aromatic rings. The van der Waals surface area contributed by atoms with Crippen molar-refractivity contribution >= 4 is 11.0 Å². The molecule has 1 N–H and O–H groups in total. The summed E-state index contributed by atoms with van der Waals surface area (Å²) in [6, 6.07) is 9.26. The fourth-order valence-corrected chi connectivity index (χ4v) is 1.58. The maximum absolute atomic E-state index is 12.0. The summed E-state index contributed by atoms with van der Waals surface area (Å²) in [7, 11) is 0. The lowest BCUT2D eigenvalue weighted by Crippen LogP contribution is -2.24. The van der Waals surface area contributed by atoms with Gasteiger partial charge in [0.25, 0.3) is 6.43 Å². The lowest BCUT2D eigenvalue weighted by molar-refractivity contribution is 0.141. The zero-order valence-corrected chi connectivity index (χ0v) is 8.91. The molecule has 86 valence electrons. The van der Waals surface area contributed by atoms with Crippen molar-refractivity contribution in [1.82, 2.24) is 5.32 Å². The molecule has 1 aromatic heterocycles. The monoisotopic (exact) mass is 225 g/mol. The molecule has 16 heavy (non-hydrogen) atoms. The fraction of sp³-hybridized carbons (Fsp3) is 0.333. The smallest absolute Gasteiger partial charge is 0.250 e. The second-order valence-corrected chi connectivity index (χ2v) is 3.71. The molecule has 2 rings (SSSR count). The van der Waals surface area contributed by atoms with Gasteiger partial charge in [-0.2, -0.15) is 0 Å². The summed E-state index contributed by atoms with van der Waals surface area (Å²) >= 11 is 0. The van der Waals surface area contributed by atoms with Crippen molar-refractivity contribution < 1.29 is 13.2 Å². The predicted molar refractivity (Wildman–Crippen MR) is 58.6 cm³/mol. The van der Waals surface area contributed by atoms with Crippen molar-refractivity contribution in [3.05, 3.63) is 36.1 Å². The van der Waals surface area contributed by atoms with E-state index in [1.165, 1.54) is 0 Å². The van der Waals surface area contributed by atoms with Gasteiger partial charge in [0.2, 0.25) is 0 Å². The SMILES string of the molecule is CC(NCC(F)F)c1cc2ccccc2o1. The Hall–Kier alpha value is -1.42. The second kappa shape index (κ2) is 4.61. The summed E-state index contributed by atoms with van der Waals surface area (Å²) in [5, 5.41) is 3.70. The van der Waals surface area contributed by atoms with Crippen LogP contribution in [0.15, 0.2) is 34.7 Å². The van der Waals surface area contributed by atoms with Crippen molar-refractivity contribution in [2.45, 2.75) is 19.4 Å². The quantitative estimate of drug-likeness (QED) is 0.863. The van der Waals surface area contributed by atoms with E-state index >= 15 is 0 Å². The third kappa shape index (κ3) is 2.39. The second-order valence-electron chi connectivity index (χ2n) is 3.71. The summed E-state index contributed by atoms with van der Waals surface area (Å²) in [5.74, 6) is 0.682. The van der Waals surface area contributed by atoms with Crippen molar-refractivity contribution in [1.29, 1.82) is 0 Å². The van der Waals surface area contributed by atoms with Crippen LogP contribution in [0, 0.1) is 0 Å². The van der Waals surface area contributed by atoms with Crippen molar-refractivity contribution in [2.75, 3.05) is 6.54 Å². The summed E-state index contributed by atoms with van der Waals surface area (Å²) in [4.78, 5) is 0. The molecule has 1 heterocycles. The number of hydrogen-bond acceptors (Lipinski definition) is 2. The summed E-state index contributed by atoms with van der Waals surface area (Å²) in [6.45, 7) is 1.48. The molecule has 0 aliphatic rings. The van der Waals surface area contributed by atoms with Gasteiger partial charge in [-0.15, -0.1) is 0 Å². The number of fused-ring (bicyclic) bond motifs is 1. The average molecular weight is 225 g/mol. The molecule has 0 radical (unpaired) electrons. The van der Waals surface area contributed by atoms with Gasteiger partial charge in [-0.25, -0.2) is 8.78 Å². The molecule has 1 unspecified atom stereocenters. The first-order chi connectivity index (χ1) is 7.66. The fourth-order valence-electron chi connectivity index (χ4n) is 1.58. The molecule has 0 spiro atoms. The van der Waals surface area contributed by atoms with Crippen LogP contribution in [-0.2, 0) is 0 Å². The van der Waals surface area contributed by atoms with Crippen LogP contribution >= 0.6 is 0 Å². The summed E-state index contributed by atoms with van der Waals surface area (Å²) in [5.41, 5.74) is 0.781. The number of alkyl halides is 2. The van der Waals surface area contributed by atoms with E-state index in [1.807, 2.05) is 30.3 Å². The van der Waals surface area contributed by atoms with Gasteiger partial charge in [-0.1, -0.05) is 18.2 Å². The van der Waals surface area contributed by atoms with E-state index in [2.05, 4.69) is 5.32 Å². The van der Waals surface area contributed by atoms with Gasteiger partial charge in [0.1, 0.15) is 11.3 Å². The third-order valence-corrected chi connectivity index (χ3v) is 2.45. The van der Waals surface area contributed by atoms with Gasteiger partial charge < -0.3 is 9.73 Å².